The third kappa shape index (κ3) is 6.69. The Morgan fingerprint density at radius 1 is 1.09 bits per heavy atom. The van der Waals surface area contributed by atoms with Gasteiger partial charge in [0.15, 0.2) is 9.04 Å². The quantitative estimate of drug-likeness (QED) is 0.355. The fourth-order valence-corrected chi connectivity index (χ4v) is 11.2. The summed E-state index contributed by atoms with van der Waals surface area (Å²) in [5.74, 6) is -0.116. The summed E-state index contributed by atoms with van der Waals surface area (Å²) in [5.41, 5.74) is 0.445. The number of ketones is 1. The Kier molecular flexibility index (Phi) is 10.9. The Morgan fingerprint density at radius 2 is 1.69 bits per heavy atom. The molecule has 2 heterocycles. The van der Waals surface area contributed by atoms with Crippen LogP contribution in [0.1, 0.15) is 68.5 Å². The molecule has 1 aromatic rings. The lowest BCUT2D eigenvalue weighted by Crippen LogP contribution is -2.53. The zero-order valence-corrected chi connectivity index (χ0v) is 25.1. The second-order valence-corrected chi connectivity index (χ2v) is 18.7. The number of carbonyl (C=O) groups is 1. The zero-order chi connectivity index (χ0) is 26.5. The summed E-state index contributed by atoms with van der Waals surface area (Å²) in [6.45, 7) is 19.3. The molecular formula is C24H44N2O7Si2. The molecule has 3 atom stereocenters. The number of carbonyl (C=O) groups excluding carboxylic acids is 1. The van der Waals surface area contributed by atoms with E-state index in [9.17, 15) is 9.59 Å². The highest BCUT2D eigenvalue weighted by Gasteiger charge is 2.53. The molecule has 2 rings (SSSR count). The normalized spacial score (nSPS) is 21.3. The van der Waals surface area contributed by atoms with Crippen LogP contribution in [0.25, 0.3) is 0 Å². The first-order valence-electron chi connectivity index (χ1n) is 12.6. The molecule has 0 N–H and O–H groups in total. The van der Waals surface area contributed by atoms with Gasteiger partial charge < -0.3 is 22.8 Å². The van der Waals surface area contributed by atoms with Gasteiger partial charge in [0.2, 0.25) is 17.9 Å². The molecule has 0 amide bonds. The zero-order valence-electron chi connectivity index (χ0n) is 22.9. The third-order valence-corrected chi connectivity index (χ3v) is 14.2. The van der Waals surface area contributed by atoms with E-state index in [-0.39, 0.29) is 29.4 Å². The van der Waals surface area contributed by atoms with Gasteiger partial charge in [-0.1, -0.05) is 55.4 Å². The van der Waals surface area contributed by atoms with E-state index >= 15 is 0 Å². The van der Waals surface area contributed by atoms with Gasteiger partial charge in [-0.3, -0.25) is 9.36 Å². The third-order valence-electron chi connectivity index (χ3n) is 6.52. The topological polar surface area (TPSA) is 98.1 Å². The fraction of sp³-hybridized carbons (Fsp3) is 0.792. The lowest BCUT2D eigenvalue weighted by atomic mass is 10.1. The molecule has 1 fully saturated rings. The highest BCUT2D eigenvalue weighted by Crippen LogP contribution is 2.39. The van der Waals surface area contributed by atoms with Crippen LogP contribution >= 0.6 is 0 Å². The van der Waals surface area contributed by atoms with E-state index in [0.29, 0.717) is 17.7 Å². The molecular weight excluding hydrogens is 484 g/mol. The van der Waals surface area contributed by atoms with Crippen LogP contribution in [0.5, 0.6) is 5.88 Å². The highest BCUT2D eigenvalue weighted by atomic mass is 28.4. The number of Topliss-reactive ketones (excluding diaryl/α,β-unsaturated/α-hetero) is 1. The van der Waals surface area contributed by atoms with E-state index in [1.807, 2.05) is 6.92 Å². The molecule has 0 radical (unpaired) electrons. The molecule has 9 nitrogen and oxygen atoms in total. The van der Waals surface area contributed by atoms with Crippen molar-refractivity contribution in [3.63, 3.8) is 0 Å². The Balaban J connectivity index is 2.42. The summed E-state index contributed by atoms with van der Waals surface area (Å²) in [6, 6.07) is 1.55. The van der Waals surface area contributed by atoms with Crippen molar-refractivity contribution in [3.05, 3.63) is 22.7 Å². The molecule has 0 aliphatic carbocycles. The minimum atomic E-state index is -2.80. The number of hydrogen-bond donors (Lipinski definition) is 0. The molecule has 1 saturated heterocycles. The first-order chi connectivity index (χ1) is 16.4. The van der Waals surface area contributed by atoms with Crippen LogP contribution < -0.4 is 10.4 Å². The maximum Gasteiger partial charge on any atom is 0.353 e. The summed E-state index contributed by atoms with van der Waals surface area (Å²) in [4.78, 5) is 30.3. The maximum absolute atomic E-state index is 13.7. The first kappa shape index (κ1) is 29.9. The second kappa shape index (κ2) is 12.7. The van der Waals surface area contributed by atoms with Gasteiger partial charge in [-0.15, -0.1) is 0 Å². The average molecular weight is 529 g/mol. The van der Waals surface area contributed by atoms with E-state index in [4.69, 9.17) is 22.8 Å². The van der Waals surface area contributed by atoms with Crippen LogP contribution in [-0.2, 0) is 22.8 Å². The summed E-state index contributed by atoms with van der Waals surface area (Å²) < 4.78 is 31.7. The van der Waals surface area contributed by atoms with Crippen molar-refractivity contribution in [2.45, 2.75) is 103 Å². The second-order valence-electron chi connectivity index (χ2n) is 10.4. The summed E-state index contributed by atoms with van der Waals surface area (Å²) in [6.07, 6.45) is -1.22. The molecule has 1 aliphatic heterocycles. The molecule has 0 bridgehead atoms. The Morgan fingerprint density at radius 3 is 2.14 bits per heavy atom. The molecule has 1 aliphatic rings. The predicted molar refractivity (Wildman–Crippen MR) is 140 cm³/mol. The Labute approximate surface area is 212 Å². The molecule has 0 saturated carbocycles. The van der Waals surface area contributed by atoms with Crippen molar-refractivity contribution < 1.29 is 27.5 Å². The first-order valence-corrected chi connectivity index (χ1v) is 16.4. The lowest BCUT2D eigenvalue weighted by molar-refractivity contribution is -0.130. The predicted octanol–water partition coefficient (Wildman–Crippen LogP) is 3.96. The van der Waals surface area contributed by atoms with E-state index in [2.05, 4.69) is 60.4 Å². The summed E-state index contributed by atoms with van der Waals surface area (Å²) >= 11 is 0. The van der Waals surface area contributed by atoms with E-state index in [0.717, 1.165) is 0 Å². The smallest absolute Gasteiger partial charge is 0.353 e. The van der Waals surface area contributed by atoms with Crippen molar-refractivity contribution in [2.75, 3.05) is 20.3 Å². The molecule has 1 aromatic heterocycles. The van der Waals surface area contributed by atoms with Crippen molar-refractivity contribution in [2.24, 2.45) is 0 Å². The van der Waals surface area contributed by atoms with Crippen molar-refractivity contribution in [3.8, 4) is 5.88 Å². The van der Waals surface area contributed by atoms with E-state index in [1.165, 1.54) is 10.8 Å². The highest BCUT2D eigenvalue weighted by molar-refractivity contribution is 6.70. The Bertz CT molecular complexity index is 875. The SMILES string of the molecule is CCOc1ccn([C@@H]2O[C@H](CO[SiH](C(C)C)C(C)C)C(O[Si](OC)(C(C)C)C(C)C)C2=O)c(=O)n1. The standard InChI is InChI=1S/C24H44N2O7Si2/c1-11-30-20-12-13-26(24(28)25-20)23-21(27)22(33-35(29-10,17(6)7)18(8)9)19(32-23)14-31-34(15(2)3)16(4)5/h12-13,15-19,22-23,34H,11,14H2,1-10H3/t19-,22?,23-/m1/s1. The Hall–Kier alpha value is -1.38. The van der Waals surface area contributed by atoms with Gasteiger partial charge >= 0.3 is 14.3 Å². The summed E-state index contributed by atoms with van der Waals surface area (Å²) in [5, 5.41) is 0. The maximum atomic E-state index is 13.7. The van der Waals surface area contributed by atoms with Crippen LogP contribution in [0.4, 0.5) is 0 Å². The van der Waals surface area contributed by atoms with Gasteiger partial charge in [0, 0.05) is 19.4 Å². The number of aromatic nitrogens is 2. The monoisotopic (exact) mass is 528 g/mol. The minimum absolute atomic E-state index is 0.101. The van der Waals surface area contributed by atoms with Crippen molar-refractivity contribution >= 4 is 23.4 Å². The molecule has 35 heavy (non-hydrogen) atoms. The number of hydrogen-bond acceptors (Lipinski definition) is 8. The van der Waals surface area contributed by atoms with E-state index in [1.54, 1.807) is 13.2 Å². The molecule has 0 spiro atoms. The van der Waals surface area contributed by atoms with Gasteiger partial charge in [-0.05, 0) is 29.1 Å². The van der Waals surface area contributed by atoms with Gasteiger partial charge in [0.05, 0.1) is 13.2 Å². The number of ether oxygens (including phenoxy) is 2. The van der Waals surface area contributed by atoms with Crippen LogP contribution in [0.2, 0.25) is 22.2 Å². The van der Waals surface area contributed by atoms with Gasteiger partial charge in [0.25, 0.3) is 0 Å². The van der Waals surface area contributed by atoms with Gasteiger partial charge in [-0.25, -0.2) is 4.79 Å². The largest absolute Gasteiger partial charge is 0.478 e. The molecule has 1 unspecified atom stereocenters. The number of rotatable bonds is 13. The number of nitrogens with zero attached hydrogens (tertiary/aromatic N) is 2. The van der Waals surface area contributed by atoms with Gasteiger partial charge in [-0.2, -0.15) is 4.98 Å². The summed E-state index contributed by atoms with van der Waals surface area (Å²) in [7, 11) is -2.72. The van der Waals surface area contributed by atoms with Crippen molar-refractivity contribution in [1.82, 2.24) is 9.55 Å². The van der Waals surface area contributed by atoms with Crippen LogP contribution in [-0.4, -0.2) is 65.5 Å². The minimum Gasteiger partial charge on any atom is -0.478 e. The van der Waals surface area contributed by atoms with Gasteiger partial charge in [0.1, 0.15) is 12.2 Å². The van der Waals surface area contributed by atoms with Crippen molar-refractivity contribution in [1.29, 1.82) is 0 Å². The average Bonchev–Trinajstić information content (AvgIpc) is 3.06. The van der Waals surface area contributed by atoms with Crippen LogP contribution in [0.3, 0.4) is 0 Å². The molecule has 200 valence electrons. The molecule has 11 heteroatoms. The van der Waals surface area contributed by atoms with E-state index < -0.39 is 41.7 Å². The lowest BCUT2D eigenvalue weighted by Gasteiger charge is -2.39. The molecule has 0 aromatic carbocycles. The van der Waals surface area contributed by atoms with Crippen LogP contribution in [0.15, 0.2) is 17.1 Å². The fourth-order valence-electron chi connectivity index (χ4n) is 4.91. The van der Waals surface area contributed by atoms with Crippen LogP contribution in [0, 0.1) is 0 Å².